The van der Waals surface area contributed by atoms with Gasteiger partial charge >= 0.3 is 0 Å². The number of hydrogen-bond donors (Lipinski definition) is 1. The average Bonchev–Trinajstić information content (AvgIpc) is 3.20. The lowest BCUT2D eigenvalue weighted by atomic mass is 10.3. The number of carbonyl (C=O) groups is 1. The van der Waals surface area contributed by atoms with E-state index >= 15 is 0 Å². The molecule has 0 bridgehead atoms. The molecule has 0 aliphatic heterocycles. The molecule has 0 aliphatic carbocycles. The van der Waals surface area contributed by atoms with E-state index in [0.29, 0.717) is 16.6 Å². The van der Waals surface area contributed by atoms with Crippen molar-refractivity contribution in [2.75, 3.05) is 5.32 Å². The van der Waals surface area contributed by atoms with Crippen molar-refractivity contribution in [3.05, 3.63) is 52.5 Å². The van der Waals surface area contributed by atoms with Crippen molar-refractivity contribution >= 4 is 22.4 Å². The van der Waals surface area contributed by atoms with Crippen molar-refractivity contribution in [3.8, 4) is 11.5 Å². The van der Waals surface area contributed by atoms with Crippen LogP contribution in [0.15, 0.2) is 51.3 Å². The average molecular weight is 316 g/mol. The molecular weight excluding hydrogens is 304 g/mol. The van der Waals surface area contributed by atoms with Gasteiger partial charge in [0.15, 0.2) is 10.9 Å². The van der Waals surface area contributed by atoms with Crippen LogP contribution in [0.25, 0.3) is 11.5 Å². The molecule has 3 rings (SSSR count). The lowest BCUT2D eigenvalue weighted by Gasteiger charge is -2.13. The molecule has 3 aromatic heterocycles. The van der Waals surface area contributed by atoms with Gasteiger partial charge in [0.1, 0.15) is 11.7 Å². The maximum atomic E-state index is 12.2. The summed E-state index contributed by atoms with van der Waals surface area (Å²) < 4.78 is 6.38. The molecule has 0 aromatic carbocycles. The molecule has 1 amide bonds. The van der Waals surface area contributed by atoms with Gasteiger partial charge in [-0.25, -0.2) is 9.67 Å². The maximum absolute atomic E-state index is 12.2. The Morgan fingerprint density at radius 1 is 1.41 bits per heavy atom. The molecule has 7 nitrogen and oxygen atoms in total. The van der Waals surface area contributed by atoms with E-state index in [1.54, 1.807) is 36.7 Å². The van der Waals surface area contributed by atoms with Gasteiger partial charge in [-0.3, -0.25) is 9.59 Å². The third-order valence-corrected chi connectivity index (χ3v) is 3.70. The molecule has 0 radical (unpaired) electrons. The van der Waals surface area contributed by atoms with E-state index < -0.39 is 6.04 Å². The molecule has 1 unspecified atom stereocenters. The lowest BCUT2D eigenvalue weighted by molar-refractivity contribution is -0.119. The molecule has 0 spiro atoms. The molecule has 3 heterocycles. The highest BCUT2D eigenvalue weighted by molar-refractivity contribution is 7.13. The Labute approximate surface area is 129 Å². The Kier molecular flexibility index (Phi) is 3.84. The summed E-state index contributed by atoms with van der Waals surface area (Å²) in [5.41, 5.74) is 0.121. The van der Waals surface area contributed by atoms with Gasteiger partial charge in [-0.15, -0.1) is 11.3 Å². The van der Waals surface area contributed by atoms with E-state index in [2.05, 4.69) is 15.4 Å². The van der Waals surface area contributed by atoms with Gasteiger partial charge in [0.05, 0.1) is 6.26 Å². The summed E-state index contributed by atoms with van der Waals surface area (Å²) in [6, 6.07) is 5.61. The summed E-state index contributed by atoms with van der Waals surface area (Å²) in [5, 5.41) is 9.08. The summed E-state index contributed by atoms with van der Waals surface area (Å²) in [6.45, 7) is 1.60. The maximum Gasteiger partial charge on any atom is 0.267 e. The number of anilines is 1. The van der Waals surface area contributed by atoms with Crippen molar-refractivity contribution in [2.45, 2.75) is 13.0 Å². The highest BCUT2D eigenvalue weighted by Crippen LogP contribution is 2.17. The first-order valence-electron chi connectivity index (χ1n) is 6.49. The van der Waals surface area contributed by atoms with E-state index in [1.165, 1.54) is 23.7 Å². The molecule has 22 heavy (non-hydrogen) atoms. The quantitative estimate of drug-likeness (QED) is 0.796. The van der Waals surface area contributed by atoms with Crippen molar-refractivity contribution in [1.29, 1.82) is 0 Å². The molecule has 8 heteroatoms. The van der Waals surface area contributed by atoms with Crippen molar-refractivity contribution in [2.24, 2.45) is 0 Å². The highest BCUT2D eigenvalue weighted by Gasteiger charge is 2.19. The summed E-state index contributed by atoms with van der Waals surface area (Å²) in [4.78, 5) is 28.1. The second-order valence-corrected chi connectivity index (χ2v) is 5.38. The third kappa shape index (κ3) is 2.82. The first kappa shape index (κ1) is 14.2. The number of thiazole rings is 1. The second kappa shape index (κ2) is 5.94. The largest absolute Gasteiger partial charge is 0.463 e. The monoisotopic (exact) mass is 316 g/mol. The van der Waals surface area contributed by atoms with Crippen LogP contribution in [0.3, 0.4) is 0 Å². The van der Waals surface area contributed by atoms with Gasteiger partial charge < -0.3 is 9.73 Å². The van der Waals surface area contributed by atoms with Crippen LogP contribution >= 0.6 is 11.3 Å². The fourth-order valence-electron chi connectivity index (χ4n) is 1.86. The summed E-state index contributed by atoms with van der Waals surface area (Å²) in [6.07, 6.45) is 3.11. The smallest absolute Gasteiger partial charge is 0.267 e. The van der Waals surface area contributed by atoms with E-state index in [-0.39, 0.29) is 11.5 Å². The second-order valence-electron chi connectivity index (χ2n) is 4.48. The molecule has 0 saturated carbocycles. The minimum absolute atomic E-state index is 0.360. The topological polar surface area (TPSA) is 90.0 Å². The summed E-state index contributed by atoms with van der Waals surface area (Å²) in [7, 11) is 0. The molecule has 112 valence electrons. The molecule has 0 aliphatic rings. The van der Waals surface area contributed by atoms with Crippen molar-refractivity contribution in [1.82, 2.24) is 14.8 Å². The summed E-state index contributed by atoms with van der Waals surface area (Å²) >= 11 is 1.30. The molecule has 0 fully saturated rings. The fraction of sp³-hybridized carbons (Fsp3) is 0.143. The first-order chi connectivity index (χ1) is 10.6. The van der Waals surface area contributed by atoms with Crippen LogP contribution in [0.5, 0.6) is 0 Å². The predicted molar refractivity (Wildman–Crippen MR) is 81.7 cm³/mol. The zero-order chi connectivity index (χ0) is 15.5. The first-order valence-corrected chi connectivity index (χ1v) is 7.37. The van der Waals surface area contributed by atoms with Gasteiger partial charge in [0.25, 0.3) is 11.5 Å². The zero-order valence-electron chi connectivity index (χ0n) is 11.6. The normalized spacial score (nSPS) is 12.0. The minimum atomic E-state index is -0.772. The Hall–Kier alpha value is -2.74. The van der Waals surface area contributed by atoms with Crippen LogP contribution < -0.4 is 10.9 Å². The van der Waals surface area contributed by atoms with Gasteiger partial charge in [-0.2, -0.15) is 5.10 Å². The van der Waals surface area contributed by atoms with Crippen molar-refractivity contribution < 1.29 is 9.21 Å². The standard InChI is InChI=1S/C14H12N4O3S/c1-9(13(20)16-14-15-6-8-22-14)18-12(19)5-4-10(17-18)11-3-2-7-21-11/h2-9H,1H3,(H,15,16,20). The fourth-order valence-corrected chi connectivity index (χ4v) is 2.40. The Morgan fingerprint density at radius 2 is 2.27 bits per heavy atom. The van der Waals surface area contributed by atoms with Crippen molar-refractivity contribution in [3.63, 3.8) is 0 Å². The van der Waals surface area contributed by atoms with Crippen LogP contribution in [-0.4, -0.2) is 20.7 Å². The van der Waals surface area contributed by atoms with Crippen LogP contribution in [0.1, 0.15) is 13.0 Å². The number of aromatic nitrogens is 3. The number of carbonyl (C=O) groups excluding carboxylic acids is 1. The molecule has 1 atom stereocenters. The van der Waals surface area contributed by atoms with E-state index in [4.69, 9.17) is 4.42 Å². The lowest BCUT2D eigenvalue weighted by Crippen LogP contribution is -2.33. The Morgan fingerprint density at radius 3 is 2.95 bits per heavy atom. The van der Waals surface area contributed by atoms with Crippen LogP contribution in [0.2, 0.25) is 0 Å². The van der Waals surface area contributed by atoms with E-state index in [1.807, 2.05) is 0 Å². The van der Waals surface area contributed by atoms with Gasteiger partial charge in [-0.05, 0) is 25.1 Å². The zero-order valence-corrected chi connectivity index (χ0v) is 12.4. The van der Waals surface area contributed by atoms with Gasteiger partial charge in [-0.1, -0.05) is 0 Å². The van der Waals surface area contributed by atoms with Crippen LogP contribution in [0, 0.1) is 0 Å². The number of furan rings is 1. The molecular formula is C14H12N4O3S. The number of hydrogen-bond acceptors (Lipinski definition) is 6. The van der Waals surface area contributed by atoms with Gasteiger partial charge in [0, 0.05) is 17.6 Å². The molecule has 3 aromatic rings. The highest BCUT2D eigenvalue weighted by atomic mass is 32.1. The molecule has 0 saturated heterocycles. The number of nitrogens with one attached hydrogen (secondary N) is 1. The van der Waals surface area contributed by atoms with Crippen LogP contribution in [-0.2, 0) is 4.79 Å². The number of amides is 1. The minimum Gasteiger partial charge on any atom is -0.463 e. The number of nitrogens with zero attached hydrogens (tertiary/aromatic N) is 3. The number of rotatable bonds is 4. The van der Waals surface area contributed by atoms with E-state index in [0.717, 1.165) is 4.68 Å². The third-order valence-electron chi connectivity index (χ3n) is 3.01. The van der Waals surface area contributed by atoms with Gasteiger partial charge in [0.2, 0.25) is 0 Å². The molecule has 1 N–H and O–H groups in total. The SMILES string of the molecule is CC(C(=O)Nc1nccs1)n1nc(-c2ccco2)ccc1=O. The van der Waals surface area contributed by atoms with Crippen LogP contribution in [0.4, 0.5) is 5.13 Å². The Balaban J connectivity index is 1.88. The van der Waals surface area contributed by atoms with E-state index in [9.17, 15) is 9.59 Å². The predicted octanol–water partition coefficient (Wildman–Crippen LogP) is 2.16. The summed E-state index contributed by atoms with van der Waals surface area (Å²) in [5.74, 6) is 0.169. The Bertz CT molecular complexity index is 824.